The average Bonchev–Trinajstić information content (AvgIpc) is 3.07. The van der Waals surface area contributed by atoms with E-state index in [1.54, 1.807) is 38.1 Å². The molecule has 0 radical (unpaired) electrons. The Morgan fingerprint density at radius 2 is 1.70 bits per heavy atom. The van der Waals surface area contributed by atoms with E-state index in [1.165, 1.54) is 14.2 Å². The van der Waals surface area contributed by atoms with Gasteiger partial charge in [-0.05, 0) is 31.5 Å². The van der Waals surface area contributed by atoms with Crippen molar-refractivity contribution in [3.8, 4) is 0 Å². The van der Waals surface area contributed by atoms with E-state index in [0.717, 1.165) is 11.3 Å². The maximum absolute atomic E-state index is 12.8. The molecule has 0 fully saturated rings. The van der Waals surface area contributed by atoms with Crippen LogP contribution < -0.4 is 11.1 Å². The number of methoxy groups -OCH3 is 2. The van der Waals surface area contributed by atoms with Gasteiger partial charge >= 0.3 is 17.9 Å². The number of nitrogens with one attached hydrogen (secondary N) is 1. The molecule has 0 spiro atoms. The summed E-state index contributed by atoms with van der Waals surface area (Å²) in [7, 11) is 2.59. The molecule has 8 nitrogen and oxygen atoms in total. The first-order valence-electron chi connectivity index (χ1n) is 9.17. The van der Waals surface area contributed by atoms with Gasteiger partial charge in [-0.2, -0.15) is 0 Å². The molecule has 3 rings (SSSR count). The molecule has 0 amide bonds. The van der Waals surface area contributed by atoms with Crippen LogP contribution in [0.4, 0.5) is 10.7 Å². The molecule has 1 atom stereocenters. The number of hydrogen-bond donors (Lipinski definition) is 2. The van der Waals surface area contributed by atoms with Gasteiger partial charge in [0.05, 0.1) is 42.7 Å². The van der Waals surface area contributed by atoms with Gasteiger partial charge in [-0.25, -0.2) is 14.4 Å². The highest BCUT2D eigenvalue weighted by molar-refractivity contribution is 7.18. The minimum Gasteiger partial charge on any atom is -0.465 e. The number of benzene rings is 1. The summed E-state index contributed by atoms with van der Waals surface area (Å²) in [6.45, 7) is 3.70. The fourth-order valence-corrected chi connectivity index (χ4v) is 4.55. The molecule has 1 aromatic heterocycles. The summed E-state index contributed by atoms with van der Waals surface area (Å²) in [6.07, 6.45) is 0. The predicted octanol–water partition coefficient (Wildman–Crippen LogP) is 3.30. The molecule has 3 N–H and O–H groups in total. The zero-order valence-corrected chi connectivity index (χ0v) is 17.8. The van der Waals surface area contributed by atoms with E-state index in [1.807, 2.05) is 0 Å². The summed E-state index contributed by atoms with van der Waals surface area (Å²) in [5.41, 5.74) is 9.25. The van der Waals surface area contributed by atoms with Crippen LogP contribution in [0.1, 0.15) is 50.9 Å². The zero-order chi connectivity index (χ0) is 22.0. The lowest BCUT2D eigenvalue weighted by molar-refractivity contribution is -0.138. The minimum absolute atomic E-state index is 0.211. The summed E-state index contributed by atoms with van der Waals surface area (Å²) in [5, 5.41) is 3.82. The van der Waals surface area contributed by atoms with E-state index in [0.29, 0.717) is 33.0 Å². The molecule has 0 bridgehead atoms. The van der Waals surface area contributed by atoms with Gasteiger partial charge in [0, 0.05) is 17.2 Å². The van der Waals surface area contributed by atoms with Gasteiger partial charge in [0.15, 0.2) is 0 Å². The van der Waals surface area contributed by atoms with Gasteiger partial charge in [0.2, 0.25) is 0 Å². The van der Waals surface area contributed by atoms with Gasteiger partial charge < -0.3 is 25.3 Å². The van der Waals surface area contributed by atoms with E-state index < -0.39 is 23.8 Å². The number of allylic oxidation sites excluding steroid dienone is 1. The van der Waals surface area contributed by atoms with Crippen molar-refractivity contribution in [1.29, 1.82) is 0 Å². The Hall–Kier alpha value is -3.33. The quantitative estimate of drug-likeness (QED) is 0.548. The monoisotopic (exact) mass is 430 g/mol. The first-order valence-corrected chi connectivity index (χ1v) is 9.99. The Morgan fingerprint density at radius 1 is 1.07 bits per heavy atom. The summed E-state index contributed by atoms with van der Waals surface area (Å²) >= 11 is 1.16. The lowest BCUT2D eigenvalue weighted by Gasteiger charge is -2.28. The Bertz CT molecular complexity index is 1040. The van der Waals surface area contributed by atoms with Gasteiger partial charge in [-0.1, -0.05) is 12.1 Å². The number of nitrogen functional groups attached to an aromatic ring is 1. The Morgan fingerprint density at radius 3 is 2.27 bits per heavy atom. The van der Waals surface area contributed by atoms with Crippen LogP contribution in [-0.4, -0.2) is 38.7 Å². The first-order chi connectivity index (χ1) is 14.3. The molecule has 1 unspecified atom stereocenters. The zero-order valence-electron chi connectivity index (χ0n) is 17.0. The SMILES string of the molecule is CCOC(=O)C1=C(C)Nc2sc(C(=O)OC)c(N)c2C1c1ccc(C(=O)OC)cc1. The van der Waals surface area contributed by atoms with Gasteiger partial charge in [0.1, 0.15) is 4.88 Å². The van der Waals surface area contributed by atoms with Crippen LogP contribution in [-0.2, 0) is 19.0 Å². The average molecular weight is 430 g/mol. The third kappa shape index (κ3) is 3.63. The Balaban J connectivity index is 2.19. The van der Waals surface area contributed by atoms with Crippen molar-refractivity contribution in [3.05, 3.63) is 57.1 Å². The first kappa shape index (κ1) is 21.4. The number of carbonyl (C=O) groups excluding carboxylic acids is 3. The number of esters is 3. The van der Waals surface area contributed by atoms with Crippen LogP contribution in [0.3, 0.4) is 0 Å². The predicted molar refractivity (Wildman–Crippen MR) is 113 cm³/mol. The topological polar surface area (TPSA) is 117 Å². The molecule has 2 aromatic rings. The second kappa shape index (κ2) is 8.58. The van der Waals surface area contributed by atoms with E-state index in [2.05, 4.69) is 5.32 Å². The maximum atomic E-state index is 12.8. The third-order valence-electron chi connectivity index (χ3n) is 4.80. The van der Waals surface area contributed by atoms with Crippen molar-refractivity contribution in [1.82, 2.24) is 0 Å². The number of fused-ring (bicyclic) bond motifs is 1. The fraction of sp³-hybridized carbons (Fsp3) is 0.286. The van der Waals surface area contributed by atoms with Crippen molar-refractivity contribution < 1.29 is 28.6 Å². The number of ether oxygens (including phenoxy) is 3. The third-order valence-corrected chi connectivity index (χ3v) is 5.91. The highest BCUT2D eigenvalue weighted by Gasteiger charge is 2.38. The number of hydrogen-bond acceptors (Lipinski definition) is 9. The summed E-state index contributed by atoms with van der Waals surface area (Å²) in [5.74, 6) is -2.08. The van der Waals surface area contributed by atoms with Gasteiger partial charge in [0.25, 0.3) is 0 Å². The summed E-state index contributed by atoms with van der Waals surface area (Å²) < 4.78 is 14.9. The Labute approximate surface area is 177 Å². The Kier molecular flexibility index (Phi) is 6.12. The smallest absolute Gasteiger partial charge is 0.350 e. The number of rotatable bonds is 5. The maximum Gasteiger partial charge on any atom is 0.350 e. The van der Waals surface area contributed by atoms with Crippen molar-refractivity contribution in [2.75, 3.05) is 31.9 Å². The van der Waals surface area contributed by atoms with Crippen LogP contribution in [0.2, 0.25) is 0 Å². The molecule has 9 heteroatoms. The second-order valence-corrected chi connectivity index (χ2v) is 7.53. The fourth-order valence-electron chi connectivity index (χ4n) is 3.42. The van der Waals surface area contributed by atoms with E-state index >= 15 is 0 Å². The molecule has 1 aromatic carbocycles. The molecule has 2 heterocycles. The van der Waals surface area contributed by atoms with Gasteiger partial charge in [-0.15, -0.1) is 11.3 Å². The minimum atomic E-state index is -0.582. The van der Waals surface area contributed by atoms with Crippen molar-refractivity contribution >= 4 is 39.9 Å². The van der Waals surface area contributed by atoms with Crippen molar-refractivity contribution in [2.45, 2.75) is 19.8 Å². The molecular weight excluding hydrogens is 408 g/mol. The molecule has 30 heavy (non-hydrogen) atoms. The highest BCUT2D eigenvalue weighted by atomic mass is 32.1. The van der Waals surface area contributed by atoms with E-state index in [4.69, 9.17) is 19.9 Å². The van der Waals surface area contributed by atoms with Crippen molar-refractivity contribution in [3.63, 3.8) is 0 Å². The van der Waals surface area contributed by atoms with E-state index in [9.17, 15) is 14.4 Å². The van der Waals surface area contributed by atoms with E-state index in [-0.39, 0.29) is 17.2 Å². The van der Waals surface area contributed by atoms with Crippen LogP contribution in [0, 0.1) is 0 Å². The molecule has 0 aliphatic carbocycles. The number of thiophene rings is 1. The molecule has 0 saturated heterocycles. The number of anilines is 2. The summed E-state index contributed by atoms with van der Waals surface area (Å²) in [4.78, 5) is 37.0. The number of carbonyl (C=O) groups is 3. The van der Waals surface area contributed by atoms with Crippen LogP contribution in [0.25, 0.3) is 0 Å². The summed E-state index contributed by atoms with van der Waals surface area (Å²) in [6, 6.07) is 6.69. The lowest BCUT2D eigenvalue weighted by atomic mass is 9.81. The van der Waals surface area contributed by atoms with Crippen molar-refractivity contribution in [2.24, 2.45) is 0 Å². The van der Waals surface area contributed by atoms with Crippen LogP contribution in [0.15, 0.2) is 35.5 Å². The van der Waals surface area contributed by atoms with Crippen LogP contribution in [0.5, 0.6) is 0 Å². The largest absolute Gasteiger partial charge is 0.465 e. The highest BCUT2D eigenvalue weighted by Crippen LogP contribution is 2.50. The van der Waals surface area contributed by atoms with Crippen LogP contribution >= 0.6 is 11.3 Å². The van der Waals surface area contributed by atoms with Gasteiger partial charge in [-0.3, -0.25) is 0 Å². The second-order valence-electron chi connectivity index (χ2n) is 6.51. The normalized spacial score (nSPS) is 15.1. The lowest BCUT2D eigenvalue weighted by Crippen LogP contribution is -2.24. The molecular formula is C21H22N2O6S. The molecule has 1 aliphatic heterocycles. The standard InChI is InChI=1S/C21H22N2O6S/c1-5-29-20(25)13-10(2)23-18-15(16(22)17(30-18)21(26)28-4)14(13)11-6-8-12(9-7-11)19(24)27-3/h6-9,14,23H,5,22H2,1-4H3. The molecule has 158 valence electrons. The molecule has 1 aliphatic rings. The molecule has 0 saturated carbocycles. The number of nitrogens with two attached hydrogens (primary N) is 1.